The molecule has 1 aliphatic rings. The van der Waals surface area contributed by atoms with Crippen molar-refractivity contribution in [2.45, 2.75) is 33.2 Å². The average Bonchev–Trinajstić information content (AvgIpc) is 2.99. The molecule has 0 saturated carbocycles. The fraction of sp³-hybridized carbons (Fsp3) is 0.562. The van der Waals surface area contributed by atoms with Gasteiger partial charge in [-0.05, 0) is 43.6 Å². The largest absolute Gasteiger partial charge is 0.398 e. The summed E-state index contributed by atoms with van der Waals surface area (Å²) in [5.74, 6) is 0.114. The SMILES string of the molecule is CCN(CC)Cc1ccc(C(=O)N2CCCC2)cc1N. The first kappa shape index (κ1) is 14.9. The molecular weight excluding hydrogens is 250 g/mol. The molecule has 0 bridgehead atoms. The minimum absolute atomic E-state index is 0.114. The highest BCUT2D eigenvalue weighted by atomic mass is 16.2. The van der Waals surface area contributed by atoms with Gasteiger partial charge in [0.1, 0.15) is 0 Å². The summed E-state index contributed by atoms with van der Waals surface area (Å²) in [6.07, 6.45) is 2.22. The number of carbonyl (C=O) groups is 1. The number of nitrogens with zero attached hydrogens (tertiary/aromatic N) is 2. The van der Waals surface area contributed by atoms with E-state index in [1.54, 1.807) is 0 Å². The summed E-state index contributed by atoms with van der Waals surface area (Å²) in [4.78, 5) is 16.5. The molecule has 2 N–H and O–H groups in total. The van der Waals surface area contributed by atoms with Crippen molar-refractivity contribution in [1.82, 2.24) is 9.80 Å². The molecule has 2 rings (SSSR count). The zero-order valence-electron chi connectivity index (χ0n) is 12.6. The Labute approximate surface area is 121 Å². The van der Waals surface area contributed by atoms with Gasteiger partial charge in [-0.15, -0.1) is 0 Å². The van der Waals surface area contributed by atoms with Crippen LogP contribution in [0.2, 0.25) is 0 Å². The number of nitrogens with two attached hydrogens (primary N) is 1. The van der Waals surface area contributed by atoms with E-state index < -0.39 is 0 Å². The van der Waals surface area contributed by atoms with Crippen LogP contribution in [0, 0.1) is 0 Å². The van der Waals surface area contributed by atoms with Crippen molar-refractivity contribution in [2.75, 3.05) is 31.9 Å². The fourth-order valence-electron chi connectivity index (χ4n) is 2.66. The van der Waals surface area contributed by atoms with Gasteiger partial charge < -0.3 is 10.6 Å². The molecule has 1 aromatic rings. The van der Waals surface area contributed by atoms with Crippen LogP contribution in [0.25, 0.3) is 0 Å². The van der Waals surface area contributed by atoms with Crippen LogP contribution in [0.5, 0.6) is 0 Å². The van der Waals surface area contributed by atoms with E-state index in [4.69, 9.17) is 5.73 Å². The highest BCUT2D eigenvalue weighted by molar-refractivity contribution is 5.95. The van der Waals surface area contributed by atoms with Crippen molar-refractivity contribution in [1.29, 1.82) is 0 Å². The molecule has 0 unspecified atom stereocenters. The predicted octanol–water partition coefficient (Wildman–Crippen LogP) is 2.35. The Bertz CT molecular complexity index is 463. The summed E-state index contributed by atoms with van der Waals surface area (Å²) in [5.41, 5.74) is 8.66. The molecule has 110 valence electrons. The van der Waals surface area contributed by atoms with Gasteiger partial charge in [0.25, 0.3) is 5.91 Å². The predicted molar refractivity (Wildman–Crippen MR) is 82.6 cm³/mol. The van der Waals surface area contributed by atoms with Crippen LogP contribution in [0.4, 0.5) is 5.69 Å². The Balaban J connectivity index is 2.10. The molecule has 4 heteroatoms. The summed E-state index contributed by atoms with van der Waals surface area (Å²) in [7, 11) is 0. The van der Waals surface area contributed by atoms with Gasteiger partial charge in [-0.3, -0.25) is 9.69 Å². The number of benzene rings is 1. The van der Waals surface area contributed by atoms with Gasteiger partial charge in [0.2, 0.25) is 0 Å². The van der Waals surface area contributed by atoms with Crippen LogP contribution < -0.4 is 5.73 Å². The average molecular weight is 275 g/mol. The zero-order valence-corrected chi connectivity index (χ0v) is 12.6. The third-order valence-corrected chi connectivity index (χ3v) is 4.07. The van der Waals surface area contributed by atoms with Gasteiger partial charge in [0.05, 0.1) is 0 Å². The molecule has 0 atom stereocenters. The van der Waals surface area contributed by atoms with Gasteiger partial charge >= 0.3 is 0 Å². The van der Waals surface area contributed by atoms with E-state index in [9.17, 15) is 4.79 Å². The quantitative estimate of drug-likeness (QED) is 0.839. The van der Waals surface area contributed by atoms with Crippen molar-refractivity contribution >= 4 is 11.6 Å². The normalized spacial score (nSPS) is 15.1. The molecule has 0 aromatic heterocycles. The Morgan fingerprint density at radius 2 is 1.90 bits per heavy atom. The van der Waals surface area contributed by atoms with E-state index in [0.29, 0.717) is 5.56 Å². The summed E-state index contributed by atoms with van der Waals surface area (Å²) >= 11 is 0. The minimum atomic E-state index is 0.114. The van der Waals surface area contributed by atoms with Crippen LogP contribution in [0.15, 0.2) is 18.2 Å². The molecular formula is C16H25N3O. The number of anilines is 1. The van der Waals surface area contributed by atoms with Crippen molar-refractivity contribution in [2.24, 2.45) is 0 Å². The van der Waals surface area contributed by atoms with Gasteiger partial charge in [-0.2, -0.15) is 0 Å². The number of nitrogen functional groups attached to an aromatic ring is 1. The number of likely N-dealkylation sites (tertiary alicyclic amines) is 1. The van der Waals surface area contributed by atoms with Crippen molar-refractivity contribution in [3.05, 3.63) is 29.3 Å². The molecule has 0 spiro atoms. The highest BCUT2D eigenvalue weighted by Gasteiger charge is 2.20. The highest BCUT2D eigenvalue weighted by Crippen LogP contribution is 2.19. The lowest BCUT2D eigenvalue weighted by molar-refractivity contribution is 0.0793. The maximum Gasteiger partial charge on any atom is 0.253 e. The molecule has 1 saturated heterocycles. The Morgan fingerprint density at radius 3 is 2.45 bits per heavy atom. The topological polar surface area (TPSA) is 49.6 Å². The molecule has 1 amide bonds. The van der Waals surface area contributed by atoms with Crippen LogP contribution >= 0.6 is 0 Å². The van der Waals surface area contributed by atoms with Crippen LogP contribution in [0.3, 0.4) is 0 Å². The molecule has 4 nitrogen and oxygen atoms in total. The smallest absolute Gasteiger partial charge is 0.253 e. The maximum absolute atomic E-state index is 12.3. The maximum atomic E-state index is 12.3. The van der Waals surface area contributed by atoms with E-state index in [0.717, 1.165) is 56.8 Å². The second-order valence-electron chi connectivity index (χ2n) is 5.37. The molecule has 1 aliphatic heterocycles. The molecule has 0 radical (unpaired) electrons. The Morgan fingerprint density at radius 1 is 1.25 bits per heavy atom. The first-order valence-corrected chi connectivity index (χ1v) is 7.55. The number of carbonyl (C=O) groups excluding carboxylic acids is 1. The Hall–Kier alpha value is -1.55. The van der Waals surface area contributed by atoms with Gasteiger partial charge in [-0.25, -0.2) is 0 Å². The standard InChI is InChI=1S/C16H25N3O/c1-3-18(4-2)12-14-8-7-13(11-15(14)17)16(20)19-9-5-6-10-19/h7-8,11H,3-6,9-10,12,17H2,1-2H3. The number of hydrogen-bond acceptors (Lipinski definition) is 3. The number of rotatable bonds is 5. The minimum Gasteiger partial charge on any atom is -0.398 e. The summed E-state index contributed by atoms with van der Waals surface area (Å²) in [6, 6.07) is 5.74. The third-order valence-electron chi connectivity index (χ3n) is 4.07. The molecule has 20 heavy (non-hydrogen) atoms. The number of amides is 1. The monoisotopic (exact) mass is 275 g/mol. The van der Waals surface area contributed by atoms with Crippen LogP contribution in [-0.4, -0.2) is 41.9 Å². The van der Waals surface area contributed by atoms with Crippen LogP contribution in [0.1, 0.15) is 42.6 Å². The third kappa shape index (κ3) is 3.31. The second kappa shape index (κ2) is 6.75. The van der Waals surface area contributed by atoms with Crippen LogP contribution in [-0.2, 0) is 6.54 Å². The van der Waals surface area contributed by atoms with E-state index in [1.165, 1.54) is 0 Å². The van der Waals surface area contributed by atoms with Gasteiger partial charge in [0, 0.05) is 30.9 Å². The van der Waals surface area contributed by atoms with Crippen molar-refractivity contribution in [3.63, 3.8) is 0 Å². The first-order valence-electron chi connectivity index (χ1n) is 7.55. The van der Waals surface area contributed by atoms with Crippen molar-refractivity contribution < 1.29 is 4.79 Å². The Kier molecular flexibility index (Phi) is 5.01. The number of hydrogen-bond donors (Lipinski definition) is 1. The van der Waals surface area contributed by atoms with Gasteiger partial charge in [-0.1, -0.05) is 19.9 Å². The lowest BCUT2D eigenvalue weighted by Gasteiger charge is -2.20. The summed E-state index contributed by atoms with van der Waals surface area (Å²) in [5, 5.41) is 0. The van der Waals surface area contributed by atoms with Crippen molar-refractivity contribution in [3.8, 4) is 0 Å². The van der Waals surface area contributed by atoms with E-state index in [2.05, 4.69) is 18.7 Å². The lowest BCUT2D eigenvalue weighted by Crippen LogP contribution is -2.28. The summed E-state index contributed by atoms with van der Waals surface area (Å²) in [6.45, 7) is 8.89. The molecule has 1 fully saturated rings. The van der Waals surface area contributed by atoms with E-state index in [-0.39, 0.29) is 5.91 Å². The lowest BCUT2D eigenvalue weighted by atomic mass is 10.1. The molecule has 1 aromatic carbocycles. The van der Waals surface area contributed by atoms with E-state index in [1.807, 2.05) is 23.1 Å². The summed E-state index contributed by atoms with van der Waals surface area (Å²) < 4.78 is 0. The first-order chi connectivity index (χ1) is 9.65. The zero-order chi connectivity index (χ0) is 14.5. The molecule has 1 heterocycles. The fourth-order valence-corrected chi connectivity index (χ4v) is 2.66. The molecule has 0 aliphatic carbocycles. The van der Waals surface area contributed by atoms with E-state index >= 15 is 0 Å². The second-order valence-corrected chi connectivity index (χ2v) is 5.37. The van der Waals surface area contributed by atoms with Gasteiger partial charge in [0.15, 0.2) is 0 Å².